The van der Waals surface area contributed by atoms with Crippen LogP contribution in [0, 0.1) is 6.92 Å². The first-order valence-electron chi connectivity index (χ1n) is 10.8. The normalized spacial score (nSPS) is 12.8. The SMILES string of the molecule is CCOCCCNC(=O)c1c(NC(=O)Cc2coc3cc(C)ccc23)sc2c1CCC2. The van der Waals surface area contributed by atoms with E-state index in [9.17, 15) is 9.59 Å². The molecule has 31 heavy (non-hydrogen) atoms. The smallest absolute Gasteiger partial charge is 0.254 e. The number of carbonyl (C=O) groups is 2. The van der Waals surface area contributed by atoms with Crippen LogP contribution < -0.4 is 10.6 Å². The Bertz CT molecular complexity index is 1100. The number of benzene rings is 1. The minimum Gasteiger partial charge on any atom is -0.464 e. The van der Waals surface area contributed by atoms with Crippen LogP contribution in [0.15, 0.2) is 28.9 Å². The minimum atomic E-state index is -0.145. The predicted octanol–water partition coefficient (Wildman–Crippen LogP) is 4.63. The molecule has 2 N–H and O–H groups in total. The Hall–Kier alpha value is -2.64. The molecule has 2 heterocycles. The molecule has 0 radical (unpaired) electrons. The highest BCUT2D eigenvalue weighted by molar-refractivity contribution is 7.17. The van der Waals surface area contributed by atoms with E-state index in [1.165, 1.54) is 16.2 Å². The fourth-order valence-corrected chi connectivity index (χ4v) is 5.32. The Labute approximate surface area is 186 Å². The Morgan fingerprint density at radius 1 is 1.26 bits per heavy atom. The molecule has 1 aliphatic rings. The summed E-state index contributed by atoms with van der Waals surface area (Å²) in [5.74, 6) is -0.260. The fraction of sp³-hybridized carbons (Fsp3) is 0.417. The topological polar surface area (TPSA) is 80.6 Å². The molecule has 0 saturated heterocycles. The highest BCUT2D eigenvalue weighted by Gasteiger charge is 2.27. The van der Waals surface area contributed by atoms with Gasteiger partial charge in [-0.15, -0.1) is 11.3 Å². The Kier molecular flexibility index (Phi) is 6.73. The molecule has 1 aromatic carbocycles. The number of amides is 2. The van der Waals surface area contributed by atoms with Crippen molar-refractivity contribution in [1.29, 1.82) is 0 Å². The van der Waals surface area contributed by atoms with E-state index in [0.29, 0.717) is 30.3 Å². The third-order valence-corrected chi connectivity index (χ3v) is 6.73. The van der Waals surface area contributed by atoms with Gasteiger partial charge in [0.1, 0.15) is 10.6 Å². The number of rotatable bonds is 9. The molecule has 0 bridgehead atoms. The van der Waals surface area contributed by atoms with Gasteiger partial charge in [-0.25, -0.2) is 0 Å². The molecule has 0 unspecified atom stereocenters. The Morgan fingerprint density at radius 3 is 2.97 bits per heavy atom. The standard InChI is InChI=1S/C24H28N2O4S/c1-3-29-11-5-10-25-23(28)22-18-6-4-7-20(18)31-24(22)26-21(27)13-16-14-30-19-12-15(2)8-9-17(16)19/h8-9,12,14H,3-7,10-11,13H2,1-2H3,(H,25,28)(H,26,27). The molecule has 0 saturated carbocycles. The fourth-order valence-electron chi connectivity index (χ4n) is 4.01. The van der Waals surface area contributed by atoms with E-state index in [2.05, 4.69) is 10.6 Å². The highest BCUT2D eigenvalue weighted by atomic mass is 32.1. The third kappa shape index (κ3) is 4.83. The minimum absolute atomic E-state index is 0.115. The van der Waals surface area contributed by atoms with Crippen molar-refractivity contribution in [2.24, 2.45) is 0 Å². The third-order valence-electron chi connectivity index (χ3n) is 5.52. The zero-order valence-corrected chi connectivity index (χ0v) is 18.8. The number of hydrogen-bond acceptors (Lipinski definition) is 5. The van der Waals surface area contributed by atoms with E-state index in [1.807, 2.05) is 32.0 Å². The maximum Gasteiger partial charge on any atom is 0.254 e. The van der Waals surface area contributed by atoms with Crippen LogP contribution in [0.25, 0.3) is 11.0 Å². The summed E-state index contributed by atoms with van der Waals surface area (Å²) in [7, 11) is 0. The van der Waals surface area contributed by atoms with Gasteiger partial charge in [0, 0.05) is 35.6 Å². The van der Waals surface area contributed by atoms with Crippen molar-refractivity contribution in [3.8, 4) is 0 Å². The number of carbonyl (C=O) groups excluding carboxylic acids is 2. The van der Waals surface area contributed by atoms with Crippen molar-refractivity contribution in [1.82, 2.24) is 5.32 Å². The van der Waals surface area contributed by atoms with Gasteiger partial charge in [-0.3, -0.25) is 9.59 Å². The molecule has 0 fully saturated rings. The first-order chi connectivity index (χ1) is 15.1. The van der Waals surface area contributed by atoms with Gasteiger partial charge in [0.05, 0.1) is 18.2 Å². The highest BCUT2D eigenvalue weighted by Crippen LogP contribution is 2.39. The molecule has 0 atom stereocenters. The van der Waals surface area contributed by atoms with E-state index >= 15 is 0 Å². The van der Waals surface area contributed by atoms with E-state index in [0.717, 1.165) is 53.3 Å². The number of thiophene rings is 1. The molecule has 4 rings (SSSR count). The maximum absolute atomic E-state index is 12.9. The second-order valence-electron chi connectivity index (χ2n) is 7.85. The number of anilines is 1. The van der Waals surface area contributed by atoms with Gasteiger partial charge in [0.15, 0.2) is 0 Å². The number of furan rings is 1. The lowest BCUT2D eigenvalue weighted by Gasteiger charge is -2.09. The van der Waals surface area contributed by atoms with Crippen LogP contribution in [-0.2, 0) is 28.8 Å². The molecule has 2 amide bonds. The van der Waals surface area contributed by atoms with Crippen LogP contribution in [0.1, 0.15) is 51.7 Å². The quantitative estimate of drug-likeness (QED) is 0.476. The maximum atomic E-state index is 12.9. The molecule has 3 aromatic rings. The second-order valence-corrected chi connectivity index (χ2v) is 8.96. The van der Waals surface area contributed by atoms with Crippen molar-refractivity contribution < 1.29 is 18.7 Å². The molecule has 2 aromatic heterocycles. The largest absolute Gasteiger partial charge is 0.464 e. The van der Waals surface area contributed by atoms with Crippen molar-refractivity contribution in [3.63, 3.8) is 0 Å². The predicted molar refractivity (Wildman–Crippen MR) is 123 cm³/mol. The lowest BCUT2D eigenvalue weighted by atomic mass is 10.1. The van der Waals surface area contributed by atoms with Gasteiger partial charge in [0.25, 0.3) is 5.91 Å². The summed E-state index contributed by atoms with van der Waals surface area (Å²) in [6.07, 6.45) is 5.51. The first-order valence-corrected chi connectivity index (χ1v) is 11.7. The number of nitrogens with one attached hydrogen (secondary N) is 2. The van der Waals surface area contributed by atoms with Gasteiger partial charge in [0.2, 0.25) is 5.91 Å². The van der Waals surface area contributed by atoms with Crippen LogP contribution >= 0.6 is 11.3 Å². The lowest BCUT2D eigenvalue weighted by molar-refractivity contribution is -0.115. The zero-order valence-electron chi connectivity index (χ0n) is 18.0. The van der Waals surface area contributed by atoms with Crippen LogP contribution in [-0.4, -0.2) is 31.6 Å². The molecular weight excluding hydrogens is 412 g/mol. The van der Waals surface area contributed by atoms with Gasteiger partial charge in [-0.05, 0) is 56.7 Å². The molecule has 164 valence electrons. The average Bonchev–Trinajstić information content (AvgIpc) is 3.42. The van der Waals surface area contributed by atoms with E-state index < -0.39 is 0 Å². The number of aryl methyl sites for hydroxylation is 2. The molecular formula is C24H28N2O4S. The summed E-state index contributed by atoms with van der Waals surface area (Å²) < 4.78 is 10.9. The Balaban J connectivity index is 1.46. The van der Waals surface area contributed by atoms with Gasteiger partial charge >= 0.3 is 0 Å². The van der Waals surface area contributed by atoms with E-state index in [1.54, 1.807) is 6.26 Å². The zero-order chi connectivity index (χ0) is 21.8. The van der Waals surface area contributed by atoms with Gasteiger partial charge < -0.3 is 19.8 Å². The summed E-state index contributed by atoms with van der Waals surface area (Å²) in [6, 6.07) is 5.96. The monoisotopic (exact) mass is 440 g/mol. The summed E-state index contributed by atoms with van der Waals surface area (Å²) in [4.78, 5) is 27.0. The summed E-state index contributed by atoms with van der Waals surface area (Å²) in [5, 5.41) is 7.58. The van der Waals surface area contributed by atoms with Crippen LogP contribution in [0.5, 0.6) is 0 Å². The summed E-state index contributed by atoms with van der Waals surface area (Å²) >= 11 is 1.53. The lowest BCUT2D eigenvalue weighted by Crippen LogP contribution is -2.27. The number of hydrogen-bond donors (Lipinski definition) is 2. The molecule has 0 spiro atoms. The summed E-state index contributed by atoms with van der Waals surface area (Å²) in [5.41, 5.74) is 4.47. The van der Waals surface area contributed by atoms with E-state index in [4.69, 9.17) is 9.15 Å². The molecule has 0 aliphatic heterocycles. The van der Waals surface area contributed by atoms with Crippen LogP contribution in [0.2, 0.25) is 0 Å². The van der Waals surface area contributed by atoms with Gasteiger partial charge in [-0.2, -0.15) is 0 Å². The molecule has 6 nitrogen and oxygen atoms in total. The second kappa shape index (κ2) is 9.66. The van der Waals surface area contributed by atoms with Crippen molar-refractivity contribution in [2.75, 3.05) is 25.1 Å². The molecule has 1 aliphatic carbocycles. The average molecular weight is 441 g/mol. The summed E-state index contributed by atoms with van der Waals surface area (Å²) in [6.45, 7) is 5.81. The van der Waals surface area contributed by atoms with Crippen molar-refractivity contribution in [2.45, 2.75) is 46.0 Å². The van der Waals surface area contributed by atoms with Crippen LogP contribution in [0.4, 0.5) is 5.00 Å². The van der Waals surface area contributed by atoms with Crippen molar-refractivity contribution in [3.05, 3.63) is 51.6 Å². The first kappa shape index (κ1) is 21.6. The van der Waals surface area contributed by atoms with Crippen LogP contribution in [0.3, 0.4) is 0 Å². The molecule has 7 heteroatoms. The number of fused-ring (bicyclic) bond motifs is 2. The Morgan fingerprint density at radius 2 is 2.13 bits per heavy atom. The number of ether oxygens (including phenoxy) is 1. The van der Waals surface area contributed by atoms with Crippen molar-refractivity contribution >= 4 is 39.1 Å². The van der Waals surface area contributed by atoms with Gasteiger partial charge in [-0.1, -0.05) is 12.1 Å². The van der Waals surface area contributed by atoms with E-state index in [-0.39, 0.29) is 18.2 Å².